The van der Waals surface area contributed by atoms with Crippen molar-refractivity contribution in [1.29, 1.82) is 0 Å². The number of nitrogens with zero attached hydrogens (tertiary/aromatic N) is 1. The monoisotopic (exact) mass is 325 g/mol. The zero-order valence-electron chi connectivity index (χ0n) is 12.8. The third kappa shape index (κ3) is 4.98. The minimum atomic E-state index is -0.724. The van der Waals surface area contributed by atoms with Crippen molar-refractivity contribution in [3.63, 3.8) is 0 Å². The Morgan fingerprint density at radius 3 is 2.68 bits per heavy atom. The van der Waals surface area contributed by atoms with Crippen LogP contribution in [0.3, 0.4) is 0 Å². The van der Waals surface area contributed by atoms with Crippen molar-refractivity contribution in [1.82, 2.24) is 15.6 Å². The highest BCUT2D eigenvalue weighted by molar-refractivity contribution is 7.09. The number of aliphatic carboxylic acids is 1. The number of carboxylic acid groups (broad SMARTS) is 1. The van der Waals surface area contributed by atoms with Crippen LogP contribution in [0.1, 0.15) is 43.3 Å². The fourth-order valence-corrected chi connectivity index (χ4v) is 3.43. The maximum Gasteiger partial charge on any atom is 0.315 e. The van der Waals surface area contributed by atoms with Crippen LogP contribution in [-0.2, 0) is 17.6 Å². The largest absolute Gasteiger partial charge is 0.481 e. The first-order valence-electron chi connectivity index (χ1n) is 7.79. The Hall–Kier alpha value is -1.63. The average Bonchev–Trinajstić information content (AvgIpc) is 2.96. The van der Waals surface area contributed by atoms with Crippen LogP contribution in [-0.4, -0.2) is 34.7 Å². The van der Waals surface area contributed by atoms with Crippen molar-refractivity contribution >= 4 is 23.3 Å². The molecule has 2 rings (SSSR count). The van der Waals surface area contributed by atoms with Crippen LogP contribution in [0.15, 0.2) is 5.38 Å². The highest BCUT2D eigenvalue weighted by Crippen LogP contribution is 2.24. The number of carbonyl (C=O) groups excluding carboxylic acids is 1. The quantitative estimate of drug-likeness (QED) is 0.747. The molecule has 1 heterocycles. The van der Waals surface area contributed by atoms with Crippen LogP contribution in [0.2, 0.25) is 0 Å². The van der Waals surface area contributed by atoms with E-state index in [2.05, 4.69) is 22.5 Å². The highest BCUT2D eigenvalue weighted by Gasteiger charge is 2.26. The number of nitrogens with one attached hydrogen (secondary N) is 2. The third-order valence-corrected chi connectivity index (χ3v) is 5.02. The van der Waals surface area contributed by atoms with Crippen molar-refractivity contribution in [3.05, 3.63) is 16.1 Å². The zero-order chi connectivity index (χ0) is 15.9. The number of urea groups is 1. The molecule has 2 amide bonds. The van der Waals surface area contributed by atoms with Gasteiger partial charge in [-0.3, -0.25) is 4.79 Å². The normalized spacial score (nSPS) is 21.3. The topological polar surface area (TPSA) is 91.3 Å². The smallest absolute Gasteiger partial charge is 0.315 e. The van der Waals surface area contributed by atoms with Crippen molar-refractivity contribution in [2.75, 3.05) is 6.54 Å². The number of aromatic nitrogens is 1. The fraction of sp³-hybridized carbons (Fsp3) is 0.667. The lowest BCUT2D eigenvalue weighted by atomic mass is 9.86. The van der Waals surface area contributed by atoms with E-state index in [0.29, 0.717) is 19.4 Å². The van der Waals surface area contributed by atoms with Gasteiger partial charge in [-0.25, -0.2) is 9.78 Å². The lowest BCUT2D eigenvalue weighted by molar-refractivity contribution is -0.142. The van der Waals surface area contributed by atoms with Crippen LogP contribution < -0.4 is 10.6 Å². The van der Waals surface area contributed by atoms with Gasteiger partial charge in [-0.1, -0.05) is 6.92 Å². The van der Waals surface area contributed by atoms with Gasteiger partial charge in [0.25, 0.3) is 0 Å². The molecule has 22 heavy (non-hydrogen) atoms. The molecule has 1 aromatic rings. The number of amides is 2. The van der Waals surface area contributed by atoms with E-state index in [1.54, 1.807) is 11.3 Å². The van der Waals surface area contributed by atoms with Gasteiger partial charge in [0.1, 0.15) is 0 Å². The fourth-order valence-electron chi connectivity index (χ4n) is 2.65. The number of carbonyl (C=O) groups is 2. The molecule has 0 saturated heterocycles. The van der Waals surface area contributed by atoms with E-state index < -0.39 is 5.97 Å². The van der Waals surface area contributed by atoms with E-state index in [-0.39, 0.29) is 18.0 Å². The molecule has 0 spiro atoms. The molecule has 1 aliphatic carbocycles. The summed E-state index contributed by atoms with van der Waals surface area (Å²) in [5.41, 5.74) is 1.02. The number of carboxylic acids is 1. The van der Waals surface area contributed by atoms with Crippen LogP contribution >= 0.6 is 11.3 Å². The molecule has 0 aliphatic heterocycles. The van der Waals surface area contributed by atoms with Crippen molar-refractivity contribution in [2.45, 2.75) is 51.5 Å². The predicted molar refractivity (Wildman–Crippen MR) is 85.1 cm³/mol. The number of aryl methyl sites for hydroxylation is 1. The van der Waals surface area contributed by atoms with E-state index in [4.69, 9.17) is 5.11 Å². The van der Waals surface area contributed by atoms with Gasteiger partial charge in [0.2, 0.25) is 0 Å². The van der Waals surface area contributed by atoms with Crippen LogP contribution in [0, 0.1) is 5.92 Å². The Morgan fingerprint density at radius 1 is 1.36 bits per heavy atom. The first-order valence-corrected chi connectivity index (χ1v) is 8.67. The van der Waals surface area contributed by atoms with Gasteiger partial charge in [0, 0.05) is 24.4 Å². The molecule has 1 aliphatic rings. The Morgan fingerprint density at radius 2 is 2.09 bits per heavy atom. The molecule has 3 N–H and O–H groups in total. The van der Waals surface area contributed by atoms with E-state index in [1.807, 2.05) is 5.38 Å². The molecule has 1 saturated carbocycles. The molecular weight excluding hydrogens is 302 g/mol. The van der Waals surface area contributed by atoms with Gasteiger partial charge in [-0.15, -0.1) is 11.3 Å². The summed E-state index contributed by atoms with van der Waals surface area (Å²) in [6, 6.07) is -0.0914. The first kappa shape index (κ1) is 16.7. The maximum absolute atomic E-state index is 11.8. The molecule has 122 valence electrons. The van der Waals surface area contributed by atoms with E-state index in [1.165, 1.54) is 0 Å². The van der Waals surface area contributed by atoms with E-state index >= 15 is 0 Å². The second kappa shape index (κ2) is 8.12. The molecule has 0 aromatic carbocycles. The standard InChI is InChI=1S/C15H23N3O3S/c1-2-13-17-12(9-22-13)7-8-16-15(21)18-11-5-3-10(4-6-11)14(19)20/h9-11H,2-8H2,1H3,(H,19,20)(H2,16,18,21). The molecule has 0 unspecified atom stereocenters. The lowest BCUT2D eigenvalue weighted by Crippen LogP contribution is -2.44. The summed E-state index contributed by atoms with van der Waals surface area (Å²) >= 11 is 1.65. The van der Waals surface area contributed by atoms with Gasteiger partial charge in [0.15, 0.2) is 0 Å². The Balaban J connectivity index is 1.63. The number of thiazole rings is 1. The first-order chi connectivity index (χ1) is 10.6. The maximum atomic E-state index is 11.8. The molecular formula is C15H23N3O3S. The van der Waals surface area contributed by atoms with Crippen LogP contribution in [0.4, 0.5) is 4.79 Å². The van der Waals surface area contributed by atoms with E-state index in [0.717, 1.165) is 36.4 Å². The minimum Gasteiger partial charge on any atom is -0.481 e. The number of rotatable bonds is 6. The summed E-state index contributed by atoms with van der Waals surface area (Å²) in [5.74, 6) is -0.976. The summed E-state index contributed by atoms with van der Waals surface area (Å²) < 4.78 is 0. The van der Waals surface area contributed by atoms with Crippen molar-refractivity contribution in [3.8, 4) is 0 Å². The lowest BCUT2D eigenvalue weighted by Gasteiger charge is -2.26. The minimum absolute atomic E-state index is 0.0848. The van der Waals surface area contributed by atoms with E-state index in [9.17, 15) is 9.59 Å². The summed E-state index contributed by atoms with van der Waals surface area (Å²) in [5, 5.41) is 17.9. The summed E-state index contributed by atoms with van der Waals surface area (Å²) in [6.45, 7) is 2.64. The second-order valence-electron chi connectivity index (χ2n) is 5.62. The third-order valence-electron chi connectivity index (χ3n) is 3.98. The Bertz CT molecular complexity index is 510. The van der Waals surface area contributed by atoms with Crippen molar-refractivity contribution in [2.24, 2.45) is 5.92 Å². The summed E-state index contributed by atoms with van der Waals surface area (Å²) in [4.78, 5) is 27.2. The van der Waals surface area contributed by atoms with Gasteiger partial charge >= 0.3 is 12.0 Å². The Labute approximate surface area is 134 Å². The SMILES string of the molecule is CCc1nc(CCNC(=O)NC2CCC(C(=O)O)CC2)cs1. The molecule has 0 radical (unpaired) electrons. The van der Waals surface area contributed by atoms with Crippen LogP contribution in [0.25, 0.3) is 0 Å². The van der Waals surface area contributed by atoms with Gasteiger partial charge < -0.3 is 15.7 Å². The second-order valence-corrected chi connectivity index (χ2v) is 6.57. The van der Waals surface area contributed by atoms with Gasteiger partial charge in [-0.05, 0) is 32.1 Å². The van der Waals surface area contributed by atoms with Crippen LogP contribution in [0.5, 0.6) is 0 Å². The molecule has 7 heteroatoms. The number of hydrogen-bond acceptors (Lipinski definition) is 4. The van der Waals surface area contributed by atoms with Crippen molar-refractivity contribution < 1.29 is 14.7 Å². The van der Waals surface area contributed by atoms with Gasteiger partial charge in [-0.2, -0.15) is 0 Å². The summed E-state index contributed by atoms with van der Waals surface area (Å²) in [7, 11) is 0. The average molecular weight is 325 g/mol. The molecule has 1 aromatic heterocycles. The molecule has 6 nitrogen and oxygen atoms in total. The highest BCUT2D eigenvalue weighted by atomic mass is 32.1. The van der Waals surface area contributed by atoms with Gasteiger partial charge in [0.05, 0.1) is 16.6 Å². The number of hydrogen-bond donors (Lipinski definition) is 3. The molecule has 1 fully saturated rings. The molecule has 0 bridgehead atoms. The molecule has 0 atom stereocenters. The zero-order valence-corrected chi connectivity index (χ0v) is 13.6. The predicted octanol–water partition coefficient (Wildman–Crippen LogP) is 2.19. The Kier molecular flexibility index (Phi) is 6.18. The summed E-state index contributed by atoms with van der Waals surface area (Å²) in [6.07, 6.45) is 4.41.